The minimum atomic E-state index is -4.45. The molecular weight excluding hydrogens is 247 g/mol. The summed E-state index contributed by atoms with van der Waals surface area (Å²) in [6.07, 6.45) is -2.18. The SMILES string of the molecule is CC(=O)CCCCn1cc(C(F)(F)F)ccc1=O. The first-order valence-corrected chi connectivity index (χ1v) is 5.58. The number of unbranched alkanes of at least 4 members (excludes halogenated alkanes) is 1. The van der Waals surface area contributed by atoms with E-state index in [0.717, 1.165) is 22.9 Å². The van der Waals surface area contributed by atoms with Gasteiger partial charge < -0.3 is 9.36 Å². The summed E-state index contributed by atoms with van der Waals surface area (Å²) in [5.74, 6) is 0.0337. The fourth-order valence-corrected chi connectivity index (χ4v) is 1.53. The molecule has 0 bridgehead atoms. The Morgan fingerprint density at radius 2 is 1.94 bits per heavy atom. The van der Waals surface area contributed by atoms with Gasteiger partial charge in [0.2, 0.25) is 0 Å². The van der Waals surface area contributed by atoms with Gasteiger partial charge in [0, 0.05) is 25.2 Å². The molecule has 6 heteroatoms. The lowest BCUT2D eigenvalue weighted by atomic mass is 10.2. The van der Waals surface area contributed by atoms with Gasteiger partial charge in [-0.25, -0.2) is 0 Å². The summed E-state index contributed by atoms with van der Waals surface area (Å²) in [7, 11) is 0. The van der Waals surface area contributed by atoms with E-state index in [1.54, 1.807) is 0 Å². The lowest BCUT2D eigenvalue weighted by Gasteiger charge is -2.10. The third kappa shape index (κ3) is 4.35. The van der Waals surface area contributed by atoms with Gasteiger partial charge in [-0.3, -0.25) is 4.79 Å². The molecule has 1 aromatic heterocycles. The minimum absolute atomic E-state index is 0.0337. The monoisotopic (exact) mass is 261 g/mol. The van der Waals surface area contributed by atoms with Crippen LogP contribution in [0.5, 0.6) is 0 Å². The van der Waals surface area contributed by atoms with Crippen LogP contribution in [0.2, 0.25) is 0 Å². The summed E-state index contributed by atoms with van der Waals surface area (Å²) in [5.41, 5.74) is -1.31. The van der Waals surface area contributed by atoms with Crippen molar-refractivity contribution in [1.29, 1.82) is 0 Å². The second kappa shape index (κ2) is 5.84. The lowest BCUT2D eigenvalue weighted by Crippen LogP contribution is -2.21. The zero-order valence-corrected chi connectivity index (χ0v) is 9.96. The lowest BCUT2D eigenvalue weighted by molar-refractivity contribution is -0.138. The molecular formula is C12H14F3NO2. The average molecular weight is 261 g/mol. The quantitative estimate of drug-likeness (QED) is 0.764. The molecule has 0 aromatic carbocycles. The standard InChI is InChI=1S/C12H14F3NO2/c1-9(17)4-2-3-7-16-8-10(12(13,14)15)5-6-11(16)18/h5-6,8H,2-4,7H2,1H3. The summed E-state index contributed by atoms with van der Waals surface area (Å²) in [4.78, 5) is 22.0. The molecule has 0 atom stereocenters. The normalized spacial score (nSPS) is 11.6. The third-order valence-electron chi connectivity index (χ3n) is 2.49. The number of aryl methyl sites for hydroxylation is 1. The first-order valence-electron chi connectivity index (χ1n) is 5.58. The summed E-state index contributed by atoms with van der Waals surface area (Å²) in [6.45, 7) is 1.65. The molecule has 0 aliphatic carbocycles. The first-order chi connectivity index (χ1) is 8.30. The average Bonchev–Trinajstić information content (AvgIpc) is 2.24. The van der Waals surface area contributed by atoms with E-state index < -0.39 is 17.3 Å². The highest BCUT2D eigenvalue weighted by atomic mass is 19.4. The highest BCUT2D eigenvalue weighted by Gasteiger charge is 2.30. The smallest absolute Gasteiger partial charge is 0.315 e. The Balaban J connectivity index is 2.70. The molecule has 0 fully saturated rings. The van der Waals surface area contributed by atoms with Crippen LogP contribution < -0.4 is 5.56 Å². The highest BCUT2D eigenvalue weighted by molar-refractivity contribution is 5.75. The van der Waals surface area contributed by atoms with Crippen molar-refractivity contribution < 1.29 is 18.0 Å². The van der Waals surface area contributed by atoms with E-state index in [1.165, 1.54) is 6.92 Å². The highest BCUT2D eigenvalue weighted by Crippen LogP contribution is 2.28. The van der Waals surface area contributed by atoms with E-state index in [1.807, 2.05) is 0 Å². The first kappa shape index (κ1) is 14.5. The van der Waals surface area contributed by atoms with Crippen LogP contribution in [0.25, 0.3) is 0 Å². The van der Waals surface area contributed by atoms with Crippen LogP contribution in [0.1, 0.15) is 31.7 Å². The summed E-state index contributed by atoms with van der Waals surface area (Å²) < 4.78 is 38.3. The number of halogens is 3. The topological polar surface area (TPSA) is 39.1 Å². The summed E-state index contributed by atoms with van der Waals surface area (Å²) in [5, 5.41) is 0. The molecule has 0 spiro atoms. The number of hydrogen-bond acceptors (Lipinski definition) is 2. The van der Waals surface area contributed by atoms with Crippen LogP contribution in [0, 0.1) is 0 Å². The number of Topliss-reactive ketones (excluding diaryl/α,β-unsaturated/α-hetero) is 1. The molecule has 1 rings (SSSR count). The molecule has 18 heavy (non-hydrogen) atoms. The van der Waals surface area contributed by atoms with Crippen molar-refractivity contribution in [2.75, 3.05) is 0 Å². The van der Waals surface area contributed by atoms with Crippen molar-refractivity contribution in [1.82, 2.24) is 4.57 Å². The molecule has 0 saturated carbocycles. The molecule has 100 valence electrons. The number of ketones is 1. The predicted molar refractivity (Wildman–Crippen MR) is 60.2 cm³/mol. The van der Waals surface area contributed by atoms with Gasteiger partial charge in [0.15, 0.2) is 0 Å². The van der Waals surface area contributed by atoms with Gasteiger partial charge in [-0.1, -0.05) is 0 Å². The van der Waals surface area contributed by atoms with Crippen LogP contribution in [0.3, 0.4) is 0 Å². The number of pyridine rings is 1. The summed E-state index contributed by atoms with van der Waals surface area (Å²) in [6, 6.07) is 1.68. The second-order valence-corrected chi connectivity index (χ2v) is 4.11. The van der Waals surface area contributed by atoms with Gasteiger partial charge in [-0.2, -0.15) is 13.2 Å². The number of carbonyl (C=O) groups is 1. The number of aromatic nitrogens is 1. The van der Waals surface area contributed by atoms with Crippen molar-refractivity contribution >= 4 is 5.78 Å². The van der Waals surface area contributed by atoms with Crippen molar-refractivity contribution in [3.8, 4) is 0 Å². The number of nitrogens with zero attached hydrogens (tertiary/aromatic N) is 1. The van der Waals surface area contributed by atoms with Gasteiger partial charge in [0.25, 0.3) is 5.56 Å². The predicted octanol–water partition coefficient (Wildman–Crippen LogP) is 2.63. The maximum absolute atomic E-state index is 12.4. The van der Waals surface area contributed by atoms with Crippen LogP contribution >= 0.6 is 0 Å². The van der Waals surface area contributed by atoms with Gasteiger partial charge in [-0.05, 0) is 25.8 Å². The fraction of sp³-hybridized carbons (Fsp3) is 0.500. The van der Waals surface area contributed by atoms with Crippen molar-refractivity contribution in [3.63, 3.8) is 0 Å². The molecule has 3 nitrogen and oxygen atoms in total. The third-order valence-corrected chi connectivity index (χ3v) is 2.49. The molecule has 0 amide bonds. The van der Waals surface area contributed by atoms with Crippen LogP contribution in [-0.4, -0.2) is 10.4 Å². The fourth-order valence-electron chi connectivity index (χ4n) is 1.53. The van der Waals surface area contributed by atoms with Gasteiger partial charge in [0.1, 0.15) is 5.78 Å². The Kier molecular flexibility index (Phi) is 4.69. The van der Waals surface area contributed by atoms with E-state index >= 15 is 0 Å². The minimum Gasteiger partial charge on any atom is -0.315 e. The molecule has 0 aliphatic rings. The Morgan fingerprint density at radius 3 is 2.50 bits per heavy atom. The van der Waals surface area contributed by atoms with Crippen LogP contribution in [0.15, 0.2) is 23.1 Å². The number of rotatable bonds is 5. The Hall–Kier alpha value is -1.59. The molecule has 0 aliphatic heterocycles. The Labute approximate surface area is 102 Å². The summed E-state index contributed by atoms with van der Waals surface area (Å²) >= 11 is 0. The number of hydrogen-bond donors (Lipinski definition) is 0. The molecule has 0 N–H and O–H groups in total. The van der Waals surface area contributed by atoms with Gasteiger partial charge >= 0.3 is 6.18 Å². The van der Waals surface area contributed by atoms with Crippen LogP contribution in [0.4, 0.5) is 13.2 Å². The zero-order valence-electron chi connectivity index (χ0n) is 9.96. The molecule has 1 aromatic rings. The van der Waals surface area contributed by atoms with Gasteiger partial charge in [-0.15, -0.1) is 0 Å². The largest absolute Gasteiger partial charge is 0.417 e. The van der Waals surface area contributed by atoms with E-state index in [-0.39, 0.29) is 12.3 Å². The van der Waals surface area contributed by atoms with E-state index in [4.69, 9.17) is 0 Å². The molecule has 0 unspecified atom stereocenters. The zero-order chi connectivity index (χ0) is 13.8. The maximum atomic E-state index is 12.4. The maximum Gasteiger partial charge on any atom is 0.417 e. The molecule has 1 heterocycles. The number of alkyl halides is 3. The van der Waals surface area contributed by atoms with E-state index in [2.05, 4.69) is 0 Å². The van der Waals surface area contributed by atoms with Crippen molar-refractivity contribution in [3.05, 3.63) is 34.2 Å². The van der Waals surface area contributed by atoms with Gasteiger partial charge in [0.05, 0.1) is 5.56 Å². The Morgan fingerprint density at radius 1 is 1.28 bits per heavy atom. The Bertz CT molecular complexity index is 477. The van der Waals surface area contributed by atoms with E-state index in [0.29, 0.717) is 19.3 Å². The van der Waals surface area contributed by atoms with Crippen LogP contribution in [-0.2, 0) is 17.5 Å². The number of carbonyl (C=O) groups excluding carboxylic acids is 1. The van der Waals surface area contributed by atoms with Crippen molar-refractivity contribution in [2.24, 2.45) is 0 Å². The van der Waals surface area contributed by atoms with Crippen molar-refractivity contribution in [2.45, 2.75) is 38.9 Å². The van der Waals surface area contributed by atoms with E-state index in [9.17, 15) is 22.8 Å². The second-order valence-electron chi connectivity index (χ2n) is 4.11. The molecule has 0 saturated heterocycles. The molecule has 0 radical (unpaired) electrons.